The third-order valence-electron chi connectivity index (χ3n) is 1.06. The Labute approximate surface area is 181 Å². The molecule has 4 nitrogen and oxygen atoms in total. The fraction of sp³-hybridized carbons (Fsp3) is 0.727. The van der Waals surface area contributed by atoms with Gasteiger partial charge in [-0.25, -0.2) is 0 Å². The maximum atomic E-state index is 4.65. The molecule has 0 saturated heterocycles. The third kappa shape index (κ3) is 58.0. The number of nitrogens with zero attached hydrogens (tertiary/aromatic N) is 2. The van der Waals surface area contributed by atoms with Crippen molar-refractivity contribution in [3.05, 3.63) is 0 Å². The van der Waals surface area contributed by atoms with Crippen LogP contribution in [0.5, 0.6) is 0 Å². The largest absolute Gasteiger partial charge is 2.00 e. The Hall–Kier alpha value is 1.30. The second-order valence-corrected chi connectivity index (χ2v) is 8.75. The van der Waals surface area contributed by atoms with E-state index in [1.54, 1.807) is 4.90 Å². The Bertz CT molecular complexity index is 298. The van der Waals surface area contributed by atoms with Crippen LogP contribution in [0.4, 0.5) is 0 Å². The first kappa shape index (κ1) is 31.1. The van der Waals surface area contributed by atoms with Gasteiger partial charge in [0.05, 0.1) is 28.2 Å². The van der Waals surface area contributed by atoms with Gasteiger partial charge >= 0.3 is 19.5 Å². The van der Waals surface area contributed by atoms with Crippen LogP contribution < -0.4 is 10.6 Å². The maximum absolute atomic E-state index is 4.65. The van der Waals surface area contributed by atoms with Gasteiger partial charge in [-0.15, -0.1) is 37.9 Å². The van der Waals surface area contributed by atoms with Gasteiger partial charge in [-0.2, -0.15) is 0 Å². The maximum Gasteiger partial charge on any atom is 2.00 e. The normalized spacial score (nSPS) is 8.77. The summed E-state index contributed by atoms with van der Waals surface area (Å²) in [6.07, 6.45) is 0. The molecule has 0 spiro atoms. The summed E-state index contributed by atoms with van der Waals surface area (Å²) in [6.45, 7) is 1.42. The average molecular weight is 473 g/mol. The number of rotatable bonds is 3. The fourth-order valence-electron chi connectivity index (χ4n) is 0.339. The first-order valence-corrected chi connectivity index (χ1v) is 8.46. The first-order valence-electron chi connectivity index (χ1n) is 5.90. The summed E-state index contributed by atoms with van der Waals surface area (Å²) in [5.41, 5.74) is 0. The molecule has 0 aromatic rings. The molecule has 126 valence electrons. The molecule has 0 amide bonds. The standard InChI is InChI=1S/C4H8N2S4.C4H12N.C3H7NS2.Zn/c7-3(8)5-1-2-6-4(9)10;1-5(2,3)4;1-4(2)3(5)6;/h1-2H2,(H2,5,7,8)(H2,6,9,10);1-4H3;1-2H3,(H,5,6);/q;+1;;+2. The van der Waals surface area contributed by atoms with E-state index in [1.165, 1.54) is 0 Å². The molecule has 0 radical (unpaired) electrons. The monoisotopic (exact) mass is 471 g/mol. The van der Waals surface area contributed by atoms with E-state index in [4.69, 9.17) is 0 Å². The predicted octanol–water partition coefficient (Wildman–Crippen LogP) is 1.68. The summed E-state index contributed by atoms with van der Waals surface area (Å²) in [7, 11) is 12.2. The van der Waals surface area contributed by atoms with Crippen molar-refractivity contribution in [1.82, 2.24) is 15.5 Å². The van der Waals surface area contributed by atoms with Gasteiger partial charge < -0.3 is 20.0 Å². The Kier molecular flexibility index (Phi) is 26.4. The average Bonchev–Trinajstić information content (AvgIpc) is 2.22. The second kappa shape index (κ2) is 18.6. The summed E-state index contributed by atoms with van der Waals surface area (Å²) in [5, 5.41) is 5.68. The quantitative estimate of drug-likeness (QED) is 0.141. The zero-order chi connectivity index (χ0) is 17.6. The molecule has 0 saturated carbocycles. The summed E-state index contributed by atoms with van der Waals surface area (Å²) < 4.78 is 2.61. The van der Waals surface area contributed by atoms with Crippen LogP contribution in [0.15, 0.2) is 0 Å². The van der Waals surface area contributed by atoms with Crippen LogP contribution >= 0.6 is 74.5 Å². The molecule has 11 heteroatoms. The van der Waals surface area contributed by atoms with E-state index in [1.807, 2.05) is 14.1 Å². The van der Waals surface area contributed by atoms with E-state index in [-0.39, 0.29) is 19.5 Å². The number of nitrogens with one attached hydrogen (secondary N) is 2. The Morgan fingerprint density at radius 1 is 0.864 bits per heavy atom. The van der Waals surface area contributed by atoms with Crippen LogP contribution in [-0.2, 0) is 19.5 Å². The van der Waals surface area contributed by atoms with Gasteiger partial charge in [0.25, 0.3) is 0 Å². The van der Waals surface area contributed by atoms with Crippen molar-refractivity contribution in [2.24, 2.45) is 0 Å². The number of thiol groups is 3. The van der Waals surface area contributed by atoms with Gasteiger partial charge in [0.2, 0.25) is 0 Å². The van der Waals surface area contributed by atoms with Crippen LogP contribution in [0.3, 0.4) is 0 Å². The minimum absolute atomic E-state index is 0. The van der Waals surface area contributed by atoms with Gasteiger partial charge in [0.15, 0.2) is 0 Å². The van der Waals surface area contributed by atoms with Crippen LogP contribution in [0.25, 0.3) is 0 Å². The van der Waals surface area contributed by atoms with Crippen molar-refractivity contribution < 1.29 is 24.0 Å². The Balaban J connectivity index is -0.000000117. The molecule has 0 aliphatic rings. The predicted molar refractivity (Wildman–Crippen MR) is 118 cm³/mol. The molecule has 0 aliphatic heterocycles. The van der Waals surface area contributed by atoms with Crippen LogP contribution in [0.2, 0.25) is 0 Å². The smallest absolute Gasteiger partial charge is 0.369 e. The SMILES string of the molecule is CN(C)C(=S)S.C[N+](C)(C)C.S=C(S)NCCNC(=S)S.[Zn+2]. The van der Waals surface area contributed by atoms with Crippen molar-refractivity contribution in [1.29, 1.82) is 0 Å². The minimum Gasteiger partial charge on any atom is -0.369 e. The topological polar surface area (TPSA) is 27.3 Å². The van der Waals surface area contributed by atoms with Gasteiger partial charge in [-0.05, 0) is 0 Å². The van der Waals surface area contributed by atoms with E-state index < -0.39 is 0 Å². The van der Waals surface area contributed by atoms with Crippen molar-refractivity contribution in [3.63, 3.8) is 0 Å². The van der Waals surface area contributed by atoms with E-state index in [9.17, 15) is 0 Å². The molecule has 2 N–H and O–H groups in total. The van der Waals surface area contributed by atoms with E-state index in [0.29, 0.717) is 26.1 Å². The molecule has 0 aromatic carbocycles. The van der Waals surface area contributed by atoms with Crippen molar-refractivity contribution >= 4 is 87.5 Å². The van der Waals surface area contributed by atoms with E-state index in [0.717, 1.165) is 4.48 Å². The van der Waals surface area contributed by atoms with Gasteiger partial charge in [-0.3, -0.25) is 0 Å². The minimum atomic E-state index is 0. The molecule has 0 bridgehead atoms. The van der Waals surface area contributed by atoms with Crippen molar-refractivity contribution in [2.75, 3.05) is 55.4 Å². The molecular formula is C11H27N4S6Zn+3. The molecule has 0 fully saturated rings. The summed E-state index contributed by atoms with van der Waals surface area (Å²) in [6, 6.07) is 0. The van der Waals surface area contributed by atoms with Crippen LogP contribution in [0, 0.1) is 0 Å². The first-order chi connectivity index (χ1) is 9.27. The van der Waals surface area contributed by atoms with Gasteiger partial charge in [0, 0.05) is 27.2 Å². The van der Waals surface area contributed by atoms with E-state index >= 15 is 0 Å². The molecule has 0 atom stereocenters. The summed E-state index contributed by atoms with van der Waals surface area (Å²) in [4.78, 5) is 1.76. The molecule has 0 heterocycles. The van der Waals surface area contributed by atoms with Crippen LogP contribution in [-0.4, -0.2) is 77.7 Å². The second-order valence-electron chi connectivity index (χ2n) is 5.32. The number of hydrogen-bond donors (Lipinski definition) is 5. The Morgan fingerprint density at radius 3 is 1.14 bits per heavy atom. The molecule has 0 rings (SSSR count). The van der Waals surface area contributed by atoms with Gasteiger partial charge in [-0.1, -0.05) is 36.7 Å². The zero-order valence-corrected chi connectivity index (χ0v) is 22.2. The van der Waals surface area contributed by atoms with Gasteiger partial charge in [0.1, 0.15) is 13.0 Å². The zero-order valence-electron chi connectivity index (χ0n) is 14.1. The number of hydrogen-bond acceptors (Lipinski definition) is 3. The molecular weight excluding hydrogens is 446 g/mol. The molecule has 22 heavy (non-hydrogen) atoms. The summed E-state index contributed by atoms with van der Waals surface area (Å²) in [5.74, 6) is 0. The molecule has 0 unspecified atom stereocenters. The molecule has 0 aliphatic carbocycles. The number of thiocarbonyl (C=S) groups is 3. The number of quaternary nitrogens is 1. The van der Waals surface area contributed by atoms with Crippen molar-refractivity contribution in [2.45, 2.75) is 0 Å². The third-order valence-corrected chi connectivity index (χ3v) is 2.43. The van der Waals surface area contributed by atoms with Crippen LogP contribution in [0.1, 0.15) is 0 Å². The summed E-state index contributed by atoms with van der Waals surface area (Å²) >= 11 is 25.5. The van der Waals surface area contributed by atoms with E-state index in [2.05, 4.69) is 113 Å². The fourth-order valence-corrected chi connectivity index (χ4v) is 0.767. The van der Waals surface area contributed by atoms with Crippen molar-refractivity contribution in [3.8, 4) is 0 Å². The Morgan fingerprint density at radius 2 is 1.05 bits per heavy atom. The molecule has 0 aromatic heterocycles.